The number of aromatic nitrogens is 3. The Balaban J connectivity index is 1.02. The van der Waals surface area contributed by atoms with Crippen LogP contribution in [0.1, 0.15) is 72.1 Å². The van der Waals surface area contributed by atoms with Gasteiger partial charge in [-0.1, -0.05) is 6.07 Å². The molecular formula is C33H43N7O5. The lowest BCUT2D eigenvalue weighted by molar-refractivity contribution is -0.132. The third-order valence-electron chi connectivity index (χ3n) is 8.98. The number of hydrogen-bond acceptors (Lipinski definition) is 11. The first-order valence-corrected chi connectivity index (χ1v) is 16.0. The average Bonchev–Trinajstić information content (AvgIpc) is 3.44. The maximum absolute atomic E-state index is 13.3. The van der Waals surface area contributed by atoms with Crippen molar-refractivity contribution < 1.29 is 23.8 Å². The Morgan fingerprint density at radius 2 is 1.93 bits per heavy atom. The molecule has 3 aliphatic heterocycles. The lowest BCUT2D eigenvalue weighted by Crippen LogP contribution is -2.56. The number of piperidine rings is 1. The number of Topliss-reactive ketones (excluding diaryl/α,β-unsaturated/α-hetero) is 1. The largest absolute Gasteiger partial charge is 0.486 e. The highest BCUT2D eigenvalue weighted by Gasteiger charge is 2.29. The monoisotopic (exact) mass is 617 g/mol. The number of ether oxygens (including phenoxy) is 1. The van der Waals surface area contributed by atoms with Crippen molar-refractivity contribution in [2.75, 3.05) is 49.5 Å². The molecule has 0 bridgehead atoms. The van der Waals surface area contributed by atoms with Crippen molar-refractivity contribution in [3.8, 4) is 5.75 Å². The van der Waals surface area contributed by atoms with Gasteiger partial charge < -0.3 is 29.4 Å². The molecule has 12 nitrogen and oxygen atoms in total. The Bertz CT molecular complexity index is 1500. The van der Waals surface area contributed by atoms with Crippen molar-refractivity contribution in [1.29, 1.82) is 0 Å². The Kier molecular flexibility index (Phi) is 9.60. The standard InChI is InChI=1S/C33H43N7O5/c1-22-31(45-21-34-22)20-44-28-8-6-25-16-38(13-10-24(25)14-28)19-27(42)7-9-30(43)29-15-32(35-26-17-40(18-26)23(2)41)37-33(36-29)39-11-4-3-5-12-39/h6,8,14-15,21,26-27,42H,3-5,7,9-13,16-20H2,1-2H3,(H,35,36,37)/t27-/m0/s1. The molecule has 0 aliphatic carbocycles. The minimum atomic E-state index is -0.628. The van der Waals surface area contributed by atoms with Crippen LogP contribution < -0.4 is 15.0 Å². The number of ketones is 1. The smallest absolute Gasteiger partial charge is 0.227 e. The molecule has 0 radical (unpaired) electrons. The van der Waals surface area contributed by atoms with Crippen LogP contribution in [0.5, 0.6) is 5.75 Å². The molecule has 0 saturated carbocycles. The number of nitrogens with zero attached hydrogens (tertiary/aromatic N) is 6. The van der Waals surface area contributed by atoms with E-state index in [1.807, 2.05) is 13.0 Å². The number of benzene rings is 1. The third kappa shape index (κ3) is 7.80. The molecule has 2 aromatic heterocycles. The van der Waals surface area contributed by atoms with E-state index < -0.39 is 6.10 Å². The minimum Gasteiger partial charge on any atom is -0.486 e. The number of nitrogens with one attached hydrogen (secondary N) is 1. The number of aliphatic hydroxyl groups is 1. The molecule has 1 amide bonds. The van der Waals surface area contributed by atoms with Gasteiger partial charge in [0.25, 0.3) is 0 Å². The molecule has 5 heterocycles. The summed E-state index contributed by atoms with van der Waals surface area (Å²) >= 11 is 0. The quantitative estimate of drug-likeness (QED) is 0.290. The number of fused-ring (bicyclic) bond motifs is 1. The number of amides is 1. The number of likely N-dealkylation sites (tertiary alicyclic amines) is 1. The highest BCUT2D eigenvalue weighted by Crippen LogP contribution is 2.26. The number of β-amino-alcohol motifs (C(OH)–C–C–N with tert-alkyl or cyclic N) is 1. The number of hydrogen-bond donors (Lipinski definition) is 2. The van der Waals surface area contributed by atoms with Crippen molar-refractivity contribution in [2.24, 2.45) is 0 Å². The van der Waals surface area contributed by atoms with Gasteiger partial charge in [0.1, 0.15) is 23.9 Å². The van der Waals surface area contributed by atoms with Crippen LogP contribution in [-0.4, -0.2) is 93.0 Å². The zero-order valence-electron chi connectivity index (χ0n) is 26.2. The van der Waals surface area contributed by atoms with Gasteiger partial charge in [-0.3, -0.25) is 14.5 Å². The normalized spacial score (nSPS) is 17.8. The number of rotatable bonds is 12. The topological polar surface area (TPSA) is 137 Å². The zero-order chi connectivity index (χ0) is 31.3. The van der Waals surface area contributed by atoms with Gasteiger partial charge in [-0.05, 0) is 62.3 Å². The highest BCUT2D eigenvalue weighted by molar-refractivity contribution is 5.95. The van der Waals surface area contributed by atoms with Crippen LogP contribution in [0, 0.1) is 6.92 Å². The molecule has 0 spiro atoms. The first-order chi connectivity index (χ1) is 21.8. The van der Waals surface area contributed by atoms with Gasteiger partial charge in [0.2, 0.25) is 11.9 Å². The van der Waals surface area contributed by atoms with Gasteiger partial charge in [-0.25, -0.2) is 9.97 Å². The molecule has 240 valence electrons. The van der Waals surface area contributed by atoms with E-state index in [0.29, 0.717) is 50.1 Å². The summed E-state index contributed by atoms with van der Waals surface area (Å²) in [4.78, 5) is 44.6. The summed E-state index contributed by atoms with van der Waals surface area (Å²) in [6.45, 7) is 8.84. The highest BCUT2D eigenvalue weighted by atomic mass is 16.5. The van der Waals surface area contributed by atoms with Crippen molar-refractivity contribution in [3.63, 3.8) is 0 Å². The molecule has 0 unspecified atom stereocenters. The summed E-state index contributed by atoms with van der Waals surface area (Å²) in [5.41, 5.74) is 3.66. The van der Waals surface area contributed by atoms with Gasteiger partial charge in [0.05, 0.1) is 17.8 Å². The molecule has 1 atom stereocenters. The molecule has 2 N–H and O–H groups in total. The second-order valence-corrected chi connectivity index (χ2v) is 12.4. The van der Waals surface area contributed by atoms with Crippen LogP contribution in [0.3, 0.4) is 0 Å². The van der Waals surface area contributed by atoms with Crippen LogP contribution in [0.2, 0.25) is 0 Å². The number of anilines is 2. The summed E-state index contributed by atoms with van der Waals surface area (Å²) in [5, 5.41) is 14.3. The predicted octanol–water partition coefficient (Wildman–Crippen LogP) is 3.37. The van der Waals surface area contributed by atoms with Crippen LogP contribution in [-0.2, 0) is 24.4 Å². The van der Waals surface area contributed by atoms with Crippen LogP contribution in [0.4, 0.5) is 11.8 Å². The van der Waals surface area contributed by atoms with E-state index in [0.717, 1.165) is 62.6 Å². The Hall–Kier alpha value is -4.03. The lowest BCUT2D eigenvalue weighted by atomic mass is 9.98. The van der Waals surface area contributed by atoms with Crippen LogP contribution in [0.25, 0.3) is 0 Å². The maximum Gasteiger partial charge on any atom is 0.227 e. The van der Waals surface area contributed by atoms with Gasteiger partial charge in [0, 0.05) is 65.2 Å². The van der Waals surface area contributed by atoms with Gasteiger partial charge in [-0.2, -0.15) is 4.98 Å². The number of oxazole rings is 1. The van der Waals surface area contributed by atoms with Gasteiger partial charge in [0.15, 0.2) is 17.9 Å². The molecule has 3 aliphatic rings. The fourth-order valence-corrected chi connectivity index (χ4v) is 6.18. The number of carbonyl (C=O) groups excluding carboxylic acids is 2. The van der Waals surface area contributed by atoms with E-state index in [4.69, 9.17) is 14.1 Å². The third-order valence-corrected chi connectivity index (χ3v) is 8.98. The number of carbonyl (C=O) groups is 2. The summed E-state index contributed by atoms with van der Waals surface area (Å²) in [6.07, 6.45) is 5.56. The van der Waals surface area contributed by atoms with E-state index in [9.17, 15) is 14.7 Å². The Labute approximate surface area is 263 Å². The molecule has 6 rings (SSSR count). The predicted molar refractivity (Wildman–Crippen MR) is 168 cm³/mol. The molecule has 1 aromatic carbocycles. The zero-order valence-corrected chi connectivity index (χ0v) is 26.2. The minimum absolute atomic E-state index is 0.0573. The van der Waals surface area contributed by atoms with Gasteiger partial charge in [-0.15, -0.1) is 0 Å². The Morgan fingerprint density at radius 3 is 2.69 bits per heavy atom. The fourth-order valence-electron chi connectivity index (χ4n) is 6.18. The van der Waals surface area contributed by atoms with Crippen LogP contribution >= 0.6 is 0 Å². The van der Waals surface area contributed by atoms with E-state index in [1.165, 1.54) is 23.9 Å². The van der Waals surface area contributed by atoms with E-state index in [2.05, 4.69) is 37.2 Å². The number of aryl methyl sites for hydroxylation is 1. The maximum atomic E-state index is 13.3. The molecule has 2 fully saturated rings. The number of aliphatic hydroxyl groups excluding tert-OH is 1. The molecule has 12 heteroatoms. The second-order valence-electron chi connectivity index (χ2n) is 12.4. The van der Waals surface area contributed by atoms with Crippen molar-refractivity contribution in [2.45, 2.75) is 77.7 Å². The first-order valence-electron chi connectivity index (χ1n) is 16.0. The average molecular weight is 618 g/mol. The van der Waals surface area contributed by atoms with Gasteiger partial charge >= 0.3 is 0 Å². The summed E-state index contributed by atoms with van der Waals surface area (Å²) < 4.78 is 11.3. The Morgan fingerprint density at radius 1 is 1.11 bits per heavy atom. The first kappa shape index (κ1) is 31.0. The van der Waals surface area contributed by atoms with E-state index in [-0.39, 0.29) is 24.2 Å². The summed E-state index contributed by atoms with van der Waals surface area (Å²) in [5.74, 6) is 2.65. The second kappa shape index (κ2) is 13.9. The van der Waals surface area contributed by atoms with E-state index >= 15 is 0 Å². The lowest BCUT2D eigenvalue weighted by Gasteiger charge is -2.39. The van der Waals surface area contributed by atoms with Crippen molar-refractivity contribution in [1.82, 2.24) is 24.8 Å². The van der Waals surface area contributed by atoms with Crippen LogP contribution in [0.15, 0.2) is 35.1 Å². The molecule has 3 aromatic rings. The molecular weight excluding hydrogens is 574 g/mol. The molecule has 2 saturated heterocycles. The summed E-state index contributed by atoms with van der Waals surface area (Å²) in [6, 6.07) is 7.95. The fraction of sp³-hybridized carbons (Fsp3) is 0.545. The van der Waals surface area contributed by atoms with E-state index in [1.54, 1.807) is 17.9 Å². The van der Waals surface area contributed by atoms with Crippen molar-refractivity contribution in [3.05, 3.63) is 58.9 Å². The molecule has 45 heavy (non-hydrogen) atoms. The van der Waals surface area contributed by atoms with Crippen molar-refractivity contribution >= 4 is 23.5 Å². The SMILES string of the molecule is CC(=O)N1CC(Nc2cc(C(=O)CC[C@H](O)CN3CCc4cc(OCc5ocnc5C)ccc4C3)nc(N3CCCCC3)n2)C1. The summed E-state index contributed by atoms with van der Waals surface area (Å²) in [7, 11) is 0.